The van der Waals surface area contributed by atoms with Gasteiger partial charge >= 0.3 is 6.03 Å². The Labute approximate surface area is 158 Å². The van der Waals surface area contributed by atoms with Crippen molar-refractivity contribution < 1.29 is 19.1 Å². The number of nitrogens with zero attached hydrogens (tertiary/aromatic N) is 2. The second kappa shape index (κ2) is 9.42. The average Bonchev–Trinajstić information content (AvgIpc) is 2.66. The minimum absolute atomic E-state index is 0.214. The number of hydrogen-bond acceptors (Lipinski definition) is 5. The number of carbonyl (C=O) groups is 2. The molecule has 0 aliphatic heterocycles. The standard InChI is InChI=1S/C19H24N4O4/c1-13(27-15-6-5-9-20-12-15)11-21-19(25)22-14-7-8-17(26-4)16(10-14)18(24)23(2)3/h5-10,12-13H,11H2,1-4H3,(H2,21,22,25)/t13-/m1/s1. The van der Waals surface area contributed by atoms with Crippen LogP contribution in [0.4, 0.5) is 10.5 Å². The van der Waals surface area contributed by atoms with Crippen molar-refractivity contribution in [2.75, 3.05) is 33.1 Å². The molecule has 8 heteroatoms. The van der Waals surface area contributed by atoms with Crippen molar-refractivity contribution in [3.63, 3.8) is 0 Å². The lowest BCUT2D eigenvalue weighted by Gasteiger charge is -2.17. The van der Waals surface area contributed by atoms with Crippen LogP contribution in [0, 0.1) is 0 Å². The van der Waals surface area contributed by atoms with Gasteiger partial charge in [-0.15, -0.1) is 0 Å². The molecule has 1 aromatic carbocycles. The number of rotatable bonds is 7. The zero-order valence-electron chi connectivity index (χ0n) is 15.9. The summed E-state index contributed by atoms with van der Waals surface area (Å²) in [6, 6.07) is 8.06. The van der Waals surface area contributed by atoms with E-state index in [0.717, 1.165) is 0 Å². The van der Waals surface area contributed by atoms with Crippen molar-refractivity contribution >= 4 is 17.6 Å². The van der Waals surface area contributed by atoms with Gasteiger partial charge in [0.05, 0.1) is 25.4 Å². The maximum atomic E-state index is 12.2. The first-order valence-corrected chi connectivity index (χ1v) is 8.42. The smallest absolute Gasteiger partial charge is 0.319 e. The molecule has 2 rings (SSSR count). The molecule has 0 spiro atoms. The van der Waals surface area contributed by atoms with Crippen molar-refractivity contribution in [2.24, 2.45) is 0 Å². The van der Waals surface area contributed by atoms with Gasteiger partial charge < -0.3 is 25.0 Å². The molecule has 2 aromatic rings. The second-order valence-corrected chi connectivity index (χ2v) is 6.07. The van der Waals surface area contributed by atoms with E-state index in [1.807, 2.05) is 6.92 Å². The molecule has 0 aliphatic rings. The van der Waals surface area contributed by atoms with Crippen LogP contribution in [-0.2, 0) is 0 Å². The van der Waals surface area contributed by atoms with Gasteiger partial charge in [-0.2, -0.15) is 0 Å². The van der Waals surface area contributed by atoms with Crippen molar-refractivity contribution in [1.29, 1.82) is 0 Å². The molecule has 1 heterocycles. The Morgan fingerprint density at radius 3 is 2.67 bits per heavy atom. The number of aromatic nitrogens is 1. The number of methoxy groups -OCH3 is 1. The first-order valence-electron chi connectivity index (χ1n) is 8.42. The molecule has 27 heavy (non-hydrogen) atoms. The number of amides is 3. The highest BCUT2D eigenvalue weighted by Crippen LogP contribution is 2.23. The zero-order chi connectivity index (χ0) is 19.8. The molecule has 2 N–H and O–H groups in total. The first kappa shape index (κ1) is 20.0. The monoisotopic (exact) mass is 372 g/mol. The lowest BCUT2D eigenvalue weighted by molar-refractivity contribution is 0.0824. The molecule has 0 bridgehead atoms. The van der Waals surface area contributed by atoms with Gasteiger partial charge in [-0.25, -0.2) is 4.79 Å². The predicted octanol–water partition coefficient (Wildman–Crippen LogP) is 2.38. The van der Waals surface area contributed by atoms with Crippen molar-refractivity contribution in [3.05, 3.63) is 48.3 Å². The van der Waals surface area contributed by atoms with Gasteiger partial charge in [0.2, 0.25) is 0 Å². The zero-order valence-corrected chi connectivity index (χ0v) is 15.9. The summed E-state index contributed by atoms with van der Waals surface area (Å²) >= 11 is 0. The van der Waals surface area contributed by atoms with Crippen LogP contribution in [0.1, 0.15) is 17.3 Å². The summed E-state index contributed by atoms with van der Waals surface area (Å²) in [6.45, 7) is 2.15. The summed E-state index contributed by atoms with van der Waals surface area (Å²) in [5, 5.41) is 5.43. The molecule has 8 nitrogen and oxygen atoms in total. The minimum Gasteiger partial charge on any atom is -0.496 e. The molecular formula is C19H24N4O4. The molecule has 1 atom stereocenters. The lowest BCUT2D eigenvalue weighted by atomic mass is 10.1. The number of urea groups is 1. The van der Waals surface area contributed by atoms with Crippen LogP contribution >= 0.6 is 0 Å². The molecule has 0 radical (unpaired) electrons. The average molecular weight is 372 g/mol. The fourth-order valence-corrected chi connectivity index (χ4v) is 2.30. The number of anilines is 1. The predicted molar refractivity (Wildman–Crippen MR) is 102 cm³/mol. The lowest BCUT2D eigenvalue weighted by Crippen LogP contribution is -2.36. The summed E-state index contributed by atoms with van der Waals surface area (Å²) < 4.78 is 10.9. The van der Waals surface area contributed by atoms with Gasteiger partial charge in [-0.3, -0.25) is 9.78 Å². The number of benzene rings is 1. The molecule has 0 saturated heterocycles. The number of nitrogens with one attached hydrogen (secondary N) is 2. The van der Waals surface area contributed by atoms with E-state index >= 15 is 0 Å². The van der Waals surface area contributed by atoms with Crippen LogP contribution in [0.2, 0.25) is 0 Å². The van der Waals surface area contributed by atoms with Crippen LogP contribution in [0.5, 0.6) is 11.5 Å². The Bertz CT molecular complexity index is 781. The van der Waals surface area contributed by atoms with E-state index in [-0.39, 0.29) is 12.0 Å². The molecule has 0 fully saturated rings. The van der Waals surface area contributed by atoms with Gasteiger partial charge in [-0.1, -0.05) is 0 Å². The summed E-state index contributed by atoms with van der Waals surface area (Å²) in [7, 11) is 4.79. The Kier molecular flexibility index (Phi) is 6.99. The molecular weight excluding hydrogens is 348 g/mol. The molecule has 1 aromatic heterocycles. The third-order valence-electron chi connectivity index (χ3n) is 3.62. The van der Waals surface area contributed by atoms with Crippen molar-refractivity contribution in [2.45, 2.75) is 13.0 Å². The SMILES string of the molecule is COc1ccc(NC(=O)NC[C@@H](C)Oc2cccnc2)cc1C(=O)N(C)C. The molecule has 0 aliphatic carbocycles. The highest BCUT2D eigenvalue weighted by atomic mass is 16.5. The maximum Gasteiger partial charge on any atom is 0.319 e. The number of pyridine rings is 1. The van der Waals surface area contributed by atoms with E-state index in [1.54, 1.807) is 56.8 Å². The Balaban J connectivity index is 1.93. The summed E-state index contributed by atoms with van der Waals surface area (Å²) in [6.07, 6.45) is 3.03. The van der Waals surface area contributed by atoms with Gasteiger partial charge in [0.15, 0.2) is 0 Å². The van der Waals surface area contributed by atoms with Crippen LogP contribution in [0.25, 0.3) is 0 Å². The Hall–Kier alpha value is -3.29. The maximum absolute atomic E-state index is 12.2. The van der Waals surface area contributed by atoms with Crippen LogP contribution in [0.15, 0.2) is 42.7 Å². The fourth-order valence-electron chi connectivity index (χ4n) is 2.30. The topological polar surface area (TPSA) is 92.8 Å². The van der Waals surface area contributed by atoms with E-state index in [4.69, 9.17) is 9.47 Å². The minimum atomic E-state index is -0.398. The van der Waals surface area contributed by atoms with Crippen molar-refractivity contribution in [3.8, 4) is 11.5 Å². The number of ether oxygens (including phenoxy) is 2. The molecule has 0 saturated carbocycles. The van der Waals surface area contributed by atoms with Crippen LogP contribution in [-0.4, -0.2) is 55.7 Å². The van der Waals surface area contributed by atoms with E-state index in [2.05, 4.69) is 15.6 Å². The largest absolute Gasteiger partial charge is 0.496 e. The first-order chi connectivity index (χ1) is 12.9. The molecule has 3 amide bonds. The van der Waals surface area contributed by atoms with Crippen molar-refractivity contribution in [1.82, 2.24) is 15.2 Å². The van der Waals surface area contributed by atoms with E-state index in [0.29, 0.717) is 29.3 Å². The Morgan fingerprint density at radius 2 is 2.04 bits per heavy atom. The molecule has 144 valence electrons. The van der Waals surface area contributed by atoms with Crippen LogP contribution < -0.4 is 20.1 Å². The van der Waals surface area contributed by atoms with Gasteiger partial charge in [0.25, 0.3) is 5.91 Å². The normalized spacial score (nSPS) is 11.3. The Morgan fingerprint density at radius 1 is 1.26 bits per heavy atom. The highest BCUT2D eigenvalue weighted by molar-refractivity contribution is 5.99. The molecule has 0 unspecified atom stereocenters. The van der Waals surface area contributed by atoms with E-state index < -0.39 is 6.03 Å². The van der Waals surface area contributed by atoms with Gasteiger partial charge in [0.1, 0.15) is 17.6 Å². The number of hydrogen-bond donors (Lipinski definition) is 2. The summed E-state index contributed by atoms with van der Waals surface area (Å²) in [5.41, 5.74) is 0.855. The van der Waals surface area contributed by atoms with Crippen LogP contribution in [0.3, 0.4) is 0 Å². The third-order valence-corrected chi connectivity index (χ3v) is 3.62. The fraction of sp³-hybridized carbons (Fsp3) is 0.316. The quantitative estimate of drug-likeness (QED) is 0.778. The second-order valence-electron chi connectivity index (χ2n) is 6.07. The van der Waals surface area contributed by atoms with Gasteiger partial charge in [0, 0.05) is 26.0 Å². The van der Waals surface area contributed by atoms with E-state index in [9.17, 15) is 9.59 Å². The van der Waals surface area contributed by atoms with E-state index in [1.165, 1.54) is 12.0 Å². The summed E-state index contributed by atoms with van der Waals surface area (Å²) in [4.78, 5) is 29.8. The highest BCUT2D eigenvalue weighted by Gasteiger charge is 2.16. The van der Waals surface area contributed by atoms with Gasteiger partial charge in [-0.05, 0) is 37.3 Å². The summed E-state index contributed by atoms with van der Waals surface area (Å²) in [5.74, 6) is 0.863. The number of carbonyl (C=O) groups excluding carboxylic acids is 2. The third kappa shape index (κ3) is 5.88.